The van der Waals surface area contributed by atoms with Crippen LogP contribution in [0.5, 0.6) is 0 Å². The van der Waals surface area contributed by atoms with E-state index in [1.165, 1.54) is 6.92 Å². The molecule has 1 saturated heterocycles. The highest BCUT2D eigenvalue weighted by molar-refractivity contribution is 9.10. The van der Waals surface area contributed by atoms with Gasteiger partial charge in [0, 0.05) is 25.7 Å². The highest BCUT2D eigenvalue weighted by Gasteiger charge is 2.38. The van der Waals surface area contributed by atoms with Crippen molar-refractivity contribution in [2.45, 2.75) is 18.9 Å². The van der Waals surface area contributed by atoms with Crippen molar-refractivity contribution in [3.63, 3.8) is 0 Å². The van der Waals surface area contributed by atoms with Crippen LogP contribution in [0.3, 0.4) is 0 Å². The third-order valence-electron chi connectivity index (χ3n) is 3.04. The van der Waals surface area contributed by atoms with E-state index in [0.717, 1.165) is 12.1 Å². The van der Waals surface area contributed by atoms with Crippen LogP contribution in [0.25, 0.3) is 0 Å². The number of ether oxygens (including phenoxy) is 2. The highest BCUT2D eigenvalue weighted by atomic mass is 79.9. The van der Waals surface area contributed by atoms with Gasteiger partial charge in [0.25, 0.3) is 0 Å². The average Bonchev–Trinajstić information content (AvgIpc) is 2.78. The van der Waals surface area contributed by atoms with Crippen molar-refractivity contribution < 1.29 is 14.3 Å². The molecule has 1 aliphatic heterocycles. The highest BCUT2D eigenvalue weighted by Crippen LogP contribution is 2.33. The lowest BCUT2D eigenvalue weighted by Gasteiger charge is -2.25. The van der Waals surface area contributed by atoms with Crippen molar-refractivity contribution in [2.24, 2.45) is 0 Å². The first kappa shape index (κ1) is 12.7. The molecule has 2 heterocycles. The number of methoxy groups -OCH3 is 1. The fourth-order valence-electron chi connectivity index (χ4n) is 1.95. The molecule has 0 radical (unpaired) electrons. The van der Waals surface area contributed by atoms with Gasteiger partial charge in [-0.1, -0.05) is 0 Å². The number of hydrogen-bond donors (Lipinski definition) is 0. The van der Waals surface area contributed by atoms with Crippen molar-refractivity contribution in [1.82, 2.24) is 4.98 Å². The Labute approximate surface area is 108 Å². The van der Waals surface area contributed by atoms with E-state index in [2.05, 4.69) is 20.9 Å². The molecule has 0 aromatic carbocycles. The number of Topliss-reactive ketones (excluding diaryl/α,β-unsaturated/α-hetero) is 1. The zero-order chi connectivity index (χ0) is 12.5. The third-order valence-corrected chi connectivity index (χ3v) is 3.45. The molecule has 5 heteroatoms. The monoisotopic (exact) mass is 299 g/mol. The van der Waals surface area contributed by atoms with Gasteiger partial charge in [-0.2, -0.15) is 0 Å². The first-order valence-electron chi connectivity index (χ1n) is 5.39. The van der Waals surface area contributed by atoms with Gasteiger partial charge in [-0.05, 0) is 35.0 Å². The van der Waals surface area contributed by atoms with Gasteiger partial charge in [0.05, 0.1) is 12.3 Å². The molecule has 1 aromatic rings. The lowest BCUT2D eigenvalue weighted by molar-refractivity contribution is -0.0247. The molecule has 1 unspecified atom stereocenters. The number of pyridine rings is 1. The summed E-state index contributed by atoms with van der Waals surface area (Å²) in [5, 5.41) is 0. The first-order chi connectivity index (χ1) is 8.07. The molecule has 0 spiro atoms. The number of ketones is 1. The molecule has 1 aliphatic rings. The lowest BCUT2D eigenvalue weighted by Crippen LogP contribution is -2.30. The quantitative estimate of drug-likeness (QED) is 0.635. The van der Waals surface area contributed by atoms with E-state index < -0.39 is 5.60 Å². The van der Waals surface area contributed by atoms with Crippen LogP contribution in [0.4, 0.5) is 0 Å². The number of carbonyl (C=O) groups is 1. The maximum atomic E-state index is 11.4. The molecule has 17 heavy (non-hydrogen) atoms. The zero-order valence-electron chi connectivity index (χ0n) is 9.83. The number of carbonyl (C=O) groups excluding carboxylic acids is 1. The Bertz CT molecular complexity index is 441. The fraction of sp³-hybridized carbons (Fsp3) is 0.500. The smallest absolute Gasteiger partial charge is 0.159 e. The van der Waals surface area contributed by atoms with Gasteiger partial charge in [-0.25, -0.2) is 4.98 Å². The summed E-state index contributed by atoms with van der Waals surface area (Å²) in [5.41, 5.74) is 0.857. The van der Waals surface area contributed by atoms with Gasteiger partial charge >= 0.3 is 0 Å². The maximum absolute atomic E-state index is 11.4. The number of rotatable bonds is 3. The van der Waals surface area contributed by atoms with Crippen LogP contribution in [0, 0.1) is 0 Å². The molecular formula is C12H14BrNO3. The molecular weight excluding hydrogens is 286 g/mol. The van der Waals surface area contributed by atoms with E-state index in [1.807, 2.05) is 0 Å². The molecule has 1 aromatic heterocycles. The van der Waals surface area contributed by atoms with Gasteiger partial charge in [-0.3, -0.25) is 4.79 Å². The molecule has 1 fully saturated rings. The number of halogens is 1. The molecule has 0 N–H and O–H groups in total. The van der Waals surface area contributed by atoms with Crippen LogP contribution in [-0.4, -0.2) is 31.1 Å². The minimum Gasteiger partial charge on any atom is -0.378 e. The minimum absolute atomic E-state index is 0.0134. The summed E-state index contributed by atoms with van der Waals surface area (Å²) in [4.78, 5) is 15.8. The van der Waals surface area contributed by atoms with Crippen molar-refractivity contribution in [3.05, 3.63) is 28.0 Å². The van der Waals surface area contributed by atoms with E-state index in [4.69, 9.17) is 9.47 Å². The molecule has 0 amide bonds. The second kappa shape index (κ2) is 4.84. The SMILES string of the molecule is COC1(c2cc(C(C)=O)cc(Br)n2)CCOC1. The fourth-order valence-corrected chi connectivity index (χ4v) is 2.39. The van der Waals surface area contributed by atoms with Crippen LogP contribution in [0.1, 0.15) is 29.4 Å². The second-order valence-electron chi connectivity index (χ2n) is 4.12. The summed E-state index contributed by atoms with van der Waals surface area (Å²) in [7, 11) is 1.64. The topological polar surface area (TPSA) is 48.4 Å². The van der Waals surface area contributed by atoms with Gasteiger partial charge < -0.3 is 9.47 Å². The molecule has 1 atom stereocenters. The lowest BCUT2D eigenvalue weighted by atomic mass is 9.96. The zero-order valence-corrected chi connectivity index (χ0v) is 11.4. The summed E-state index contributed by atoms with van der Waals surface area (Å²) in [5.74, 6) is 0.0134. The molecule has 2 rings (SSSR count). The predicted octanol–water partition coefficient (Wildman–Crippen LogP) is 2.31. The second-order valence-corrected chi connectivity index (χ2v) is 4.93. The van der Waals surface area contributed by atoms with E-state index in [0.29, 0.717) is 23.4 Å². The summed E-state index contributed by atoms with van der Waals surface area (Å²) < 4.78 is 11.6. The van der Waals surface area contributed by atoms with E-state index in [1.54, 1.807) is 19.2 Å². The molecule has 4 nitrogen and oxygen atoms in total. The van der Waals surface area contributed by atoms with Crippen molar-refractivity contribution in [3.8, 4) is 0 Å². The van der Waals surface area contributed by atoms with Crippen LogP contribution in [-0.2, 0) is 15.1 Å². The van der Waals surface area contributed by atoms with Gasteiger partial charge in [-0.15, -0.1) is 0 Å². The summed E-state index contributed by atoms with van der Waals surface area (Å²) >= 11 is 3.32. The summed E-state index contributed by atoms with van der Waals surface area (Å²) in [6, 6.07) is 3.50. The Morgan fingerprint density at radius 2 is 2.35 bits per heavy atom. The van der Waals surface area contributed by atoms with Crippen molar-refractivity contribution in [2.75, 3.05) is 20.3 Å². The summed E-state index contributed by atoms with van der Waals surface area (Å²) in [6.07, 6.45) is 0.754. The van der Waals surface area contributed by atoms with E-state index in [9.17, 15) is 4.79 Å². The van der Waals surface area contributed by atoms with Gasteiger partial charge in [0.2, 0.25) is 0 Å². The molecule has 92 valence electrons. The van der Waals surface area contributed by atoms with Crippen molar-refractivity contribution >= 4 is 21.7 Å². The van der Waals surface area contributed by atoms with Crippen LogP contribution >= 0.6 is 15.9 Å². The van der Waals surface area contributed by atoms with Crippen LogP contribution < -0.4 is 0 Å². The molecule has 0 bridgehead atoms. The van der Waals surface area contributed by atoms with Gasteiger partial charge in [0.15, 0.2) is 5.78 Å². The first-order valence-corrected chi connectivity index (χ1v) is 6.18. The number of hydrogen-bond acceptors (Lipinski definition) is 4. The molecule has 0 aliphatic carbocycles. The largest absolute Gasteiger partial charge is 0.378 e. The van der Waals surface area contributed by atoms with E-state index >= 15 is 0 Å². The van der Waals surface area contributed by atoms with E-state index in [-0.39, 0.29) is 5.78 Å². The predicted molar refractivity (Wildman–Crippen MR) is 66.1 cm³/mol. The Hall–Kier alpha value is -0.780. The third kappa shape index (κ3) is 2.41. The minimum atomic E-state index is -0.520. The Morgan fingerprint density at radius 1 is 1.59 bits per heavy atom. The maximum Gasteiger partial charge on any atom is 0.159 e. The van der Waals surface area contributed by atoms with Crippen LogP contribution in [0.2, 0.25) is 0 Å². The average molecular weight is 300 g/mol. The van der Waals surface area contributed by atoms with Crippen LogP contribution in [0.15, 0.2) is 16.7 Å². The Balaban J connectivity index is 2.47. The molecule has 0 saturated carbocycles. The van der Waals surface area contributed by atoms with Gasteiger partial charge in [0.1, 0.15) is 10.2 Å². The Kier molecular flexibility index (Phi) is 3.61. The number of aromatic nitrogens is 1. The standard InChI is InChI=1S/C12H14BrNO3/c1-8(15)9-5-10(14-11(13)6-9)12(16-2)3-4-17-7-12/h5-6H,3-4,7H2,1-2H3. The summed E-state index contributed by atoms with van der Waals surface area (Å²) in [6.45, 7) is 2.66. The van der Waals surface area contributed by atoms with Crippen molar-refractivity contribution in [1.29, 1.82) is 0 Å². The number of nitrogens with zero attached hydrogens (tertiary/aromatic N) is 1. The Morgan fingerprint density at radius 3 is 2.88 bits per heavy atom. The normalized spacial score (nSPS) is 23.9.